The van der Waals surface area contributed by atoms with Gasteiger partial charge in [0.05, 0.1) is 0 Å². The highest BCUT2D eigenvalue weighted by Gasteiger charge is 2.13. The third kappa shape index (κ3) is 4.05. The van der Waals surface area contributed by atoms with E-state index in [0.29, 0.717) is 0 Å². The lowest BCUT2D eigenvalue weighted by molar-refractivity contribution is 0.249. The molecule has 2 aromatic rings. The number of rotatable bonds is 3. The van der Waals surface area contributed by atoms with Crippen LogP contribution in [0.1, 0.15) is 29.5 Å². The molecule has 0 N–H and O–H groups in total. The molecular formula is C20H23N. The van der Waals surface area contributed by atoms with Gasteiger partial charge < -0.3 is 0 Å². The molecule has 1 saturated heterocycles. The van der Waals surface area contributed by atoms with Crippen LogP contribution in [-0.4, -0.2) is 18.0 Å². The number of benzene rings is 2. The van der Waals surface area contributed by atoms with Crippen LogP contribution >= 0.6 is 0 Å². The Labute approximate surface area is 127 Å². The zero-order chi connectivity index (χ0) is 14.5. The average Bonchev–Trinajstić information content (AvgIpc) is 2.50. The van der Waals surface area contributed by atoms with Crippen LogP contribution in [0.5, 0.6) is 0 Å². The Bertz CT molecular complexity index is 603. The van der Waals surface area contributed by atoms with Crippen LogP contribution in [0.3, 0.4) is 0 Å². The summed E-state index contributed by atoms with van der Waals surface area (Å²) < 4.78 is 0. The summed E-state index contributed by atoms with van der Waals surface area (Å²) in [5.74, 6) is 0. The lowest BCUT2D eigenvalue weighted by Gasteiger charge is -2.28. The van der Waals surface area contributed by atoms with Crippen LogP contribution in [0.15, 0.2) is 60.2 Å². The van der Waals surface area contributed by atoms with Gasteiger partial charge in [-0.1, -0.05) is 71.8 Å². The van der Waals surface area contributed by atoms with Gasteiger partial charge in [0.2, 0.25) is 0 Å². The summed E-state index contributed by atoms with van der Waals surface area (Å²) in [5.41, 5.74) is 5.70. The topological polar surface area (TPSA) is 3.24 Å². The summed E-state index contributed by atoms with van der Waals surface area (Å²) in [6.45, 7) is 5.59. The van der Waals surface area contributed by atoms with Gasteiger partial charge in [0.15, 0.2) is 0 Å². The Kier molecular flexibility index (Phi) is 4.52. The van der Waals surface area contributed by atoms with E-state index >= 15 is 0 Å². The zero-order valence-corrected chi connectivity index (χ0v) is 12.8. The van der Waals surface area contributed by atoms with Crippen LogP contribution in [0.4, 0.5) is 0 Å². The van der Waals surface area contributed by atoms with Crippen LogP contribution in [-0.2, 0) is 6.54 Å². The second-order valence-electron chi connectivity index (χ2n) is 5.98. The summed E-state index contributed by atoms with van der Waals surface area (Å²) in [6, 6.07) is 19.6. The van der Waals surface area contributed by atoms with E-state index in [9.17, 15) is 0 Å². The van der Waals surface area contributed by atoms with Gasteiger partial charge in [-0.15, -0.1) is 0 Å². The first-order chi connectivity index (χ1) is 10.3. The molecule has 2 aromatic carbocycles. The third-order valence-corrected chi connectivity index (χ3v) is 4.16. The van der Waals surface area contributed by atoms with Crippen molar-refractivity contribution in [3.05, 3.63) is 76.9 Å². The predicted molar refractivity (Wildman–Crippen MR) is 90.1 cm³/mol. The number of likely N-dealkylation sites (tertiary alicyclic amines) is 1. The normalized spacial score (nSPS) is 16.0. The quantitative estimate of drug-likeness (QED) is 0.787. The third-order valence-electron chi connectivity index (χ3n) is 4.16. The molecule has 0 amide bonds. The first-order valence-corrected chi connectivity index (χ1v) is 7.82. The first-order valence-electron chi connectivity index (χ1n) is 7.82. The maximum absolute atomic E-state index is 2.56. The molecule has 0 aliphatic carbocycles. The van der Waals surface area contributed by atoms with E-state index in [1.54, 1.807) is 5.57 Å². The van der Waals surface area contributed by atoms with Gasteiger partial charge in [-0.2, -0.15) is 0 Å². The minimum absolute atomic E-state index is 1.08. The van der Waals surface area contributed by atoms with Crippen molar-refractivity contribution >= 4 is 6.08 Å². The van der Waals surface area contributed by atoms with Crippen molar-refractivity contribution in [1.29, 1.82) is 0 Å². The Morgan fingerprint density at radius 3 is 2.43 bits per heavy atom. The van der Waals surface area contributed by atoms with Crippen molar-refractivity contribution in [2.45, 2.75) is 26.3 Å². The molecule has 1 heterocycles. The molecule has 1 fully saturated rings. The van der Waals surface area contributed by atoms with Crippen LogP contribution in [0.25, 0.3) is 6.08 Å². The highest BCUT2D eigenvalue weighted by Crippen LogP contribution is 2.21. The molecular weight excluding hydrogens is 254 g/mol. The molecule has 108 valence electrons. The molecule has 21 heavy (non-hydrogen) atoms. The van der Waals surface area contributed by atoms with Gasteiger partial charge in [-0.3, -0.25) is 4.90 Å². The van der Waals surface area contributed by atoms with Crippen LogP contribution < -0.4 is 0 Å². The average molecular weight is 277 g/mol. The molecule has 1 aliphatic heterocycles. The summed E-state index contributed by atoms with van der Waals surface area (Å²) in [6.07, 6.45) is 4.77. The lowest BCUT2D eigenvalue weighted by atomic mass is 10.00. The summed E-state index contributed by atoms with van der Waals surface area (Å²) >= 11 is 0. The molecule has 1 nitrogen and oxygen atoms in total. The number of piperidine rings is 1. The molecule has 3 rings (SSSR count). The highest BCUT2D eigenvalue weighted by atomic mass is 15.1. The molecule has 0 spiro atoms. The van der Waals surface area contributed by atoms with E-state index in [1.165, 1.54) is 42.6 Å². The summed E-state index contributed by atoms with van der Waals surface area (Å²) in [4.78, 5) is 2.56. The number of hydrogen-bond donors (Lipinski definition) is 0. The summed E-state index contributed by atoms with van der Waals surface area (Å²) in [5, 5.41) is 0. The van der Waals surface area contributed by atoms with Crippen molar-refractivity contribution in [2.75, 3.05) is 13.1 Å². The standard InChI is InChI=1S/C20H23N/c1-17-6-5-9-20(14-17)15-18-10-12-21(13-11-18)16-19-7-3-2-4-8-19/h2-9,14-15H,10-13,16H2,1H3. The molecule has 0 saturated carbocycles. The van der Waals surface area contributed by atoms with Crippen molar-refractivity contribution in [3.63, 3.8) is 0 Å². The smallest absolute Gasteiger partial charge is 0.0233 e. The van der Waals surface area contributed by atoms with E-state index in [1.807, 2.05) is 0 Å². The molecule has 0 aromatic heterocycles. The van der Waals surface area contributed by atoms with Gasteiger partial charge in [0.25, 0.3) is 0 Å². The highest BCUT2D eigenvalue weighted by molar-refractivity contribution is 5.54. The van der Waals surface area contributed by atoms with E-state index in [4.69, 9.17) is 0 Å². The zero-order valence-electron chi connectivity index (χ0n) is 12.8. The fourth-order valence-electron chi connectivity index (χ4n) is 2.98. The second-order valence-corrected chi connectivity index (χ2v) is 5.98. The van der Waals surface area contributed by atoms with E-state index < -0.39 is 0 Å². The van der Waals surface area contributed by atoms with Crippen molar-refractivity contribution in [2.24, 2.45) is 0 Å². The fraction of sp³-hybridized carbons (Fsp3) is 0.300. The number of nitrogens with zero attached hydrogens (tertiary/aromatic N) is 1. The van der Waals surface area contributed by atoms with Crippen molar-refractivity contribution < 1.29 is 0 Å². The minimum atomic E-state index is 1.08. The minimum Gasteiger partial charge on any atom is -0.298 e. The number of hydrogen-bond acceptors (Lipinski definition) is 1. The van der Waals surface area contributed by atoms with Gasteiger partial charge in [-0.25, -0.2) is 0 Å². The molecule has 0 atom stereocenters. The van der Waals surface area contributed by atoms with E-state index in [2.05, 4.69) is 72.5 Å². The molecule has 0 bridgehead atoms. The van der Waals surface area contributed by atoms with Crippen molar-refractivity contribution in [1.82, 2.24) is 4.90 Å². The fourth-order valence-corrected chi connectivity index (χ4v) is 2.98. The van der Waals surface area contributed by atoms with E-state index in [-0.39, 0.29) is 0 Å². The maximum atomic E-state index is 2.56. The molecule has 0 radical (unpaired) electrons. The lowest BCUT2D eigenvalue weighted by Crippen LogP contribution is -2.30. The largest absolute Gasteiger partial charge is 0.298 e. The van der Waals surface area contributed by atoms with Crippen LogP contribution in [0.2, 0.25) is 0 Å². The molecule has 1 heteroatoms. The Balaban J connectivity index is 1.58. The predicted octanol–water partition coefficient (Wildman–Crippen LogP) is 4.67. The van der Waals surface area contributed by atoms with E-state index in [0.717, 1.165) is 6.54 Å². The van der Waals surface area contributed by atoms with Crippen molar-refractivity contribution in [3.8, 4) is 0 Å². The Morgan fingerprint density at radius 2 is 1.71 bits per heavy atom. The monoisotopic (exact) mass is 277 g/mol. The maximum Gasteiger partial charge on any atom is 0.0233 e. The second kappa shape index (κ2) is 6.73. The van der Waals surface area contributed by atoms with Gasteiger partial charge in [0.1, 0.15) is 0 Å². The molecule has 0 unspecified atom stereocenters. The van der Waals surface area contributed by atoms with Gasteiger partial charge in [0, 0.05) is 19.6 Å². The summed E-state index contributed by atoms with van der Waals surface area (Å²) in [7, 11) is 0. The van der Waals surface area contributed by atoms with Gasteiger partial charge in [-0.05, 0) is 30.9 Å². The Morgan fingerprint density at radius 1 is 0.952 bits per heavy atom. The Hall–Kier alpha value is -1.86. The van der Waals surface area contributed by atoms with Gasteiger partial charge >= 0.3 is 0 Å². The number of aryl methyl sites for hydroxylation is 1. The van der Waals surface area contributed by atoms with Crippen LogP contribution in [0, 0.1) is 6.92 Å². The first kappa shape index (κ1) is 14.1. The molecule has 1 aliphatic rings. The SMILES string of the molecule is Cc1cccc(C=C2CCN(Cc3ccccc3)CC2)c1.